The summed E-state index contributed by atoms with van der Waals surface area (Å²) in [7, 11) is 1.54. The average molecular weight is 355 g/mol. The summed E-state index contributed by atoms with van der Waals surface area (Å²) in [4.78, 5) is 8.95. The second kappa shape index (κ2) is 6.33. The highest BCUT2D eigenvalue weighted by atomic mass is 32.1. The minimum Gasteiger partial charge on any atom is -0.370 e. The summed E-state index contributed by atoms with van der Waals surface area (Å²) in [6.07, 6.45) is -3.35. The fraction of sp³-hybridized carbons (Fsp3) is 0.267. The van der Waals surface area contributed by atoms with E-state index in [0.29, 0.717) is 10.6 Å². The molecule has 3 rings (SSSR count). The number of nitrogens with zero attached hydrogens (tertiary/aromatic N) is 3. The van der Waals surface area contributed by atoms with Gasteiger partial charge in [-0.05, 0) is 30.7 Å². The Balaban J connectivity index is 1.89. The van der Waals surface area contributed by atoms with Crippen LogP contribution in [-0.2, 0) is 10.9 Å². The molecule has 5 nitrogen and oxygen atoms in total. The number of rotatable bonds is 4. The first-order valence-corrected chi connectivity index (χ1v) is 7.66. The van der Waals surface area contributed by atoms with Gasteiger partial charge in [0.25, 0.3) is 0 Å². The van der Waals surface area contributed by atoms with Crippen molar-refractivity contribution in [2.24, 2.45) is 0 Å². The Morgan fingerprint density at radius 2 is 2.00 bits per heavy atom. The number of aryl methyl sites for hydroxylation is 1. The molecule has 0 aromatic carbocycles. The zero-order valence-electron chi connectivity index (χ0n) is 12.7. The van der Waals surface area contributed by atoms with Crippen LogP contribution in [0.3, 0.4) is 0 Å². The fourth-order valence-corrected chi connectivity index (χ4v) is 3.09. The van der Waals surface area contributed by atoms with E-state index in [1.165, 1.54) is 11.3 Å². The normalized spacial score (nSPS) is 13.2. The number of hydrogen-bond donors (Lipinski definition) is 0. The van der Waals surface area contributed by atoms with Crippen LogP contribution in [0.2, 0.25) is 0 Å². The van der Waals surface area contributed by atoms with Crippen molar-refractivity contribution in [2.45, 2.75) is 19.2 Å². The lowest BCUT2D eigenvalue weighted by molar-refractivity contribution is -0.159. The number of ether oxygens (including phenoxy) is 1. The van der Waals surface area contributed by atoms with Crippen LogP contribution in [0, 0.1) is 6.92 Å². The van der Waals surface area contributed by atoms with Gasteiger partial charge < -0.3 is 9.26 Å². The SMILES string of the molecule is COC(c1ccc(C)cn1)c1ccc(-c2noc(C(F)(F)F)n2)s1. The van der Waals surface area contributed by atoms with Crippen LogP contribution in [0.25, 0.3) is 10.7 Å². The summed E-state index contributed by atoms with van der Waals surface area (Å²) in [6.45, 7) is 1.93. The Morgan fingerprint density at radius 1 is 1.21 bits per heavy atom. The molecule has 3 heterocycles. The number of aromatic nitrogens is 3. The maximum Gasteiger partial charge on any atom is 0.471 e. The first kappa shape index (κ1) is 16.6. The summed E-state index contributed by atoms with van der Waals surface area (Å²) in [5.74, 6) is -1.47. The monoisotopic (exact) mass is 355 g/mol. The molecule has 0 radical (unpaired) electrons. The molecule has 0 bridgehead atoms. The molecule has 1 unspecified atom stereocenters. The minimum absolute atomic E-state index is 0.106. The maximum atomic E-state index is 12.5. The van der Waals surface area contributed by atoms with E-state index in [4.69, 9.17) is 4.74 Å². The molecule has 3 aromatic rings. The number of alkyl halides is 3. The van der Waals surface area contributed by atoms with Gasteiger partial charge >= 0.3 is 12.1 Å². The number of methoxy groups -OCH3 is 1. The van der Waals surface area contributed by atoms with Crippen molar-refractivity contribution in [2.75, 3.05) is 7.11 Å². The van der Waals surface area contributed by atoms with Crippen molar-refractivity contribution in [1.82, 2.24) is 15.1 Å². The van der Waals surface area contributed by atoms with Gasteiger partial charge in [-0.25, -0.2) is 0 Å². The van der Waals surface area contributed by atoms with Crippen LogP contribution in [0.15, 0.2) is 35.0 Å². The largest absolute Gasteiger partial charge is 0.471 e. The molecule has 3 aromatic heterocycles. The smallest absolute Gasteiger partial charge is 0.370 e. The van der Waals surface area contributed by atoms with E-state index in [1.54, 1.807) is 25.4 Å². The van der Waals surface area contributed by atoms with Gasteiger partial charge in [0.2, 0.25) is 5.82 Å². The van der Waals surface area contributed by atoms with Crippen LogP contribution in [-0.4, -0.2) is 22.2 Å². The maximum absolute atomic E-state index is 12.5. The third-order valence-electron chi connectivity index (χ3n) is 3.21. The second-order valence-corrected chi connectivity index (χ2v) is 6.11. The molecule has 9 heteroatoms. The lowest BCUT2D eigenvalue weighted by Gasteiger charge is -2.12. The summed E-state index contributed by atoms with van der Waals surface area (Å²) in [5.41, 5.74) is 1.73. The van der Waals surface area contributed by atoms with Crippen LogP contribution >= 0.6 is 11.3 Å². The number of hydrogen-bond acceptors (Lipinski definition) is 6. The van der Waals surface area contributed by atoms with E-state index in [-0.39, 0.29) is 5.82 Å². The quantitative estimate of drug-likeness (QED) is 0.700. The van der Waals surface area contributed by atoms with Gasteiger partial charge in [-0.2, -0.15) is 18.2 Å². The van der Waals surface area contributed by atoms with Gasteiger partial charge in [0.15, 0.2) is 0 Å². The zero-order valence-corrected chi connectivity index (χ0v) is 13.5. The van der Waals surface area contributed by atoms with Crippen molar-refractivity contribution < 1.29 is 22.4 Å². The number of halogens is 3. The summed E-state index contributed by atoms with van der Waals surface area (Å²) in [5, 5.41) is 3.38. The molecule has 126 valence electrons. The van der Waals surface area contributed by atoms with Gasteiger partial charge in [0, 0.05) is 18.2 Å². The summed E-state index contributed by atoms with van der Waals surface area (Å²) >= 11 is 1.22. The van der Waals surface area contributed by atoms with E-state index in [0.717, 1.165) is 10.4 Å². The topological polar surface area (TPSA) is 61.0 Å². The third kappa shape index (κ3) is 3.31. The minimum atomic E-state index is -4.66. The van der Waals surface area contributed by atoms with Crippen LogP contribution in [0.4, 0.5) is 13.2 Å². The van der Waals surface area contributed by atoms with Gasteiger partial charge in [-0.15, -0.1) is 11.3 Å². The Labute approximate surface area is 139 Å². The van der Waals surface area contributed by atoms with Gasteiger partial charge in [0.05, 0.1) is 10.6 Å². The molecule has 1 atom stereocenters. The Bertz CT molecular complexity index is 827. The predicted molar refractivity (Wildman–Crippen MR) is 80.4 cm³/mol. The molecule has 0 saturated carbocycles. The Morgan fingerprint density at radius 3 is 2.58 bits per heavy atom. The standard InChI is InChI=1S/C15H12F3N3O2S/c1-8-3-4-9(19-7-8)12(22-2)10-5-6-11(24-10)13-20-14(23-21-13)15(16,17)18/h3-7,12H,1-2H3. The lowest BCUT2D eigenvalue weighted by Crippen LogP contribution is -2.04. The van der Waals surface area contributed by atoms with E-state index < -0.39 is 18.2 Å². The molecule has 0 aliphatic rings. The highest BCUT2D eigenvalue weighted by Gasteiger charge is 2.38. The van der Waals surface area contributed by atoms with Crippen molar-refractivity contribution in [3.63, 3.8) is 0 Å². The molecule has 0 aliphatic heterocycles. The number of thiophene rings is 1. The molecule has 24 heavy (non-hydrogen) atoms. The second-order valence-electron chi connectivity index (χ2n) is 5.00. The summed E-state index contributed by atoms with van der Waals surface area (Å²) in [6, 6.07) is 7.14. The Kier molecular flexibility index (Phi) is 4.37. The molecular weight excluding hydrogens is 343 g/mol. The predicted octanol–water partition coefficient (Wildman–Crippen LogP) is 4.26. The fourth-order valence-electron chi connectivity index (χ4n) is 2.07. The van der Waals surface area contributed by atoms with Gasteiger partial charge in [0.1, 0.15) is 6.10 Å². The highest BCUT2D eigenvalue weighted by Crippen LogP contribution is 2.35. The first-order valence-electron chi connectivity index (χ1n) is 6.85. The van der Waals surface area contributed by atoms with Crippen LogP contribution in [0.5, 0.6) is 0 Å². The van der Waals surface area contributed by atoms with Crippen molar-refractivity contribution in [3.05, 3.63) is 52.5 Å². The highest BCUT2D eigenvalue weighted by molar-refractivity contribution is 7.15. The van der Waals surface area contributed by atoms with E-state index in [1.807, 2.05) is 19.1 Å². The average Bonchev–Trinajstić information content (AvgIpc) is 3.18. The molecule has 0 amide bonds. The molecule has 0 spiro atoms. The molecule has 0 aliphatic carbocycles. The molecule has 0 N–H and O–H groups in total. The summed E-state index contributed by atoms with van der Waals surface area (Å²) < 4.78 is 47.3. The molecule has 0 fully saturated rings. The van der Waals surface area contributed by atoms with Gasteiger partial charge in [-0.3, -0.25) is 4.98 Å². The van der Waals surface area contributed by atoms with Crippen molar-refractivity contribution >= 4 is 11.3 Å². The third-order valence-corrected chi connectivity index (χ3v) is 4.34. The van der Waals surface area contributed by atoms with Crippen molar-refractivity contribution in [1.29, 1.82) is 0 Å². The van der Waals surface area contributed by atoms with Crippen LogP contribution < -0.4 is 0 Å². The van der Waals surface area contributed by atoms with Crippen molar-refractivity contribution in [3.8, 4) is 10.7 Å². The van der Waals surface area contributed by atoms with E-state index in [9.17, 15) is 13.2 Å². The first-order chi connectivity index (χ1) is 11.4. The van der Waals surface area contributed by atoms with Gasteiger partial charge in [-0.1, -0.05) is 11.2 Å². The molecule has 0 saturated heterocycles. The van der Waals surface area contributed by atoms with Crippen LogP contribution in [0.1, 0.15) is 28.1 Å². The molecular formula is C15H12F3N3O2S. The zero-order chi connectivity index (χ0) is 17.3. The lowest BCUT2D eigenvalue weighted by atomic mass is 10.1. The van der Waals surface area contributed by atoms with E-state index in [2.05, 4.69) is 19.6 Å². The van der Waals surface area contributed by atoms with E-state index >= 15 is 0 Å². The Hall–Kier alpha value is -2.26. The number of pyridine rings is 1.